The third kappa shape index (κ3) is 2.25. The molecular formula is C13H17N3O4. The topological polar surface area (TPSA) is 114 Å². The second-order valence-electron chi connectivity index (χ2n) is 5.13. The Kier molecular flexibility index (Phi) is 3.15. The third-order valence-corrected chi connectivity index (χ3v) is 3.74. The van der Waals surface area contributed by atoms with E-state index in [2.05, 4.69) is 10.3 Å². The van der Waals surface area contributed by atoms with Crippen LogP contribution in [-0.4, -0.2) is 35.5 Å². The Morgan fingerprint density at radius 3 is 2.85 bits per heavy atom. The van der Waals surface area contributed by atoms with Crippen molar-refractivity contribution in [3.63, 3.8) is 0 Å². The summed E-state index contributed by atoms with van der Waals surface area (Å²) in [5.74, 6) is -0.514. The summed E-state index contributed by atoms with van der Waals surface area (Å²) in [5, 5.41) is 13.0. The molecule has 1 aliphatic heterocycles. The molecule has 0 radical (unpaired) electrons. The van der Waals surface area contributed by atoms with E-state index in [0.717, 1.165) is 0 Å². The molecule has 0 aliphatic carbocycles. The highest BCUT2D eigenvalue weighted by molar-refractivity contribution is 5.85. The van der Waals surface area contributed by atoms with E-state index in [1.807, 2.05) is 0 Å². The lowest BCUT2D eigenvalue weighted by molar-refractivity contribution is 0.0380. The van der Waals surface area contributed by atoms with Crippen LogP contribution in [0.1, 0.15) is 12.8 Å². The van der Waals surface area contributed by atoms with Gasteiger partial charge in [-0.3, -0.25) is 4.98 Å². The summed E-state index contributed by atoms with van der Waals surface area (Å²) in [7, 11) is 0. The van der Waals surface area contributed by atoms with Crippen LogP contribution >= 0.6 is 0 Å². The second-order valence-corrected chi connectivity index (χ2v) is 5.13. The van der Waals surface area contributed by atoms with Gasteiger partial charge in [-0.25, -0.2) is 4.79 Å². The van der Waals surface area contributed by atoms with Crippen LogP contribution in [0.15, 0.2) is 21.3 Å². The molecule has 1 aromatic carbocycles. The number of nitrogens with one attached hydrogen (secondary N) is 2. The number of ether oxygens (including phenoxy) is 1. The molecule has 3 rings (SSSR count). The number of rotatable bonds is 3. The van der Waals surface area contributed by atoms with Gasteiger partial charge in [0.15, 0.2) is 5.58 Å². The van der Waals surface area contributed by atoms with Crippen LogP contribution in [0.5, 0.6) is 0 Å². The van der Waals surface area contributed by atoms with Crippen molar-refractivity contribution in [2.75, 3.05) is 30.9 Å². The summed E-state index contributed by atoms with van der Waals surface area (Å²) in [6.07, 6.45) is 1.39. The van der Waals surface area contributed by atoms with Gasteiger partial charge in [0.1, 0.15) is 0 Å². The fraction of sp³-hybridized carbons (Fsp3) is 0.462. The Balaban J connectivity index is 1.96. The SMILES string of the molecule is Nc1cc2oc(=O)[nH]c2cc1NC1(CO)CCOCC1. The van der Waals surface area contributed by atoms with Gasteiger partial charge < -0.3 is 25.3 Å². The zero-order valence-corrected chi connectivity index (χ0v) is 10.9. The molecular weight excluding hydrogens is 262 g/mol. The standard InChI is InChI=1S/C13H17N3O4/c14-8-5-11-10(15-12(18)20-11)6-9(8)16-13(7-17)1-3-19-4-2-13/h5-6,16-17H,1-4,7,14H2,(H,15,18). The Morgan fingerprint density at radius 2 is 2.15 bits per heavy atom. The van der Waals surface area contributed by atoms with Crippen LogP contribution in [0, 0.1) is 0 Å². The van der Waals surface area contributed by atoms with Crippen LogP contribution in [0.25, 0.3) is 11.1 Å². The number of oxazole rings is 1. The average molecular weight is 279 g/mol. The fourth-order valence-electron chi connectivity index (χ4n) is 2.49. The zero-order valence-electron chi connectivity index (χ0n) is 10.9. The quantitative estimate of drug-likeness (QED) is 0.614. The van der Waals surface area contributed by atoms with Gasteiger partial charge in [0.05, 0.1) is 29.0 Å². The lowest BCUT2D eigenvalue weighted by Crippen LogP contribution is -2.47. The van der Waals surface area contributed by atoms with E-state index in [-0.39, 0.29) is 6.61 Å². The van der Waals surface area contributed by atoms with E-state index in [0.29, 0.717) is 48.5 Å². The molecule has 0 atom stereocenters. The number of nitrogen functional groups attached to an aromatic ring is 1. The largest absolute Gasteiger partial charge is 0.417 e. The molecule has 0 saturated carbocycles. The summed E-state index contributed by atoms with van der Waals surface area (Å²) in [5.41, 5.74) is 7.67. The number of aromatic amines is 1. The molecule has 1 aliphatic rings. The van der Waals surface area contributed by atoms with Crippen molar-refractivity contribution in [1.29, 1.82) is 0 Å². The molecule has 7 heteroatoms. The number of hydrogen-bond acceptors (Lipinski definition) is 6. The van der Waals surface area contributed by atoms with Gasteiger partial charge in [0.2, 0.25) is 0 Å². The Bertz CT molecular complexity index is 670. The van der Waals surface area contributed by atoms with E-state index in [9.17, 15) is 9.90 Å². The van der Waals surface area contributed by atoms with Gasteiger partial charge in [-0.1, -0.05) is 0 Å². The van der Waals surface area contributed by atoms with E-state index in [4.69, 9.17) is 14.9 Å². The Labute approximate surface area is 114 Å². The normalized spacial score (nSPS) is 18.2. The molecule has 108 valence electrons. The number of aliphatic hydroxyl groups excluding tert-OH is 1. The van der Waals surface area contributed by atoms with Crippen molar-refractivity contribution in [2.45, 2.75) is 18.4 Å². The monoisotopic (exact) mass is 279 g/mol. The maximum Gasteiger partial charge on any atom is 0.417 e. The molecule has 2 aromatic rings. The molecule has 20 heavy (non-hydrogen) atoms. The highest BCUT2D eigenvalue weighted by Crippen LogP contribution is 2.31. The van der Waals surface area contributed by atoms with E-state index in [1.165, 1.54) is 0 Å². The molecule has 7 nitrogen and oxygen atoms in total. The van der Waals surface area contributed by atoms with E-state index < -0.39 is 11.3 Å². The summed E-state index contributed by atoms with van der Waals surface area (Å²) >= 11 is 0. The van der Waals surface area contributed by atoms with Crippen molar-refractivity contribution >= 4 is 22.5 Å². The third-order valence-electron chi connectivity index (χ3n) is 3.74. The summed E-state index contributed by atoms with van der Waals surface area (Å²) in [6.45, 7) is 1.19. The van der Waals surface area contributed by atoms with Crippen molar-refractivity contribution in [3.05, 3.63) is 22.7 Å². The Hall–Kier alpha value is -1.99. The van der Waals surface area contributed by atoms with Crippen molar-refractivity contribution in [1.82, 2.24) is 4.98 Å². The maximum absolute atomic E-state index is 11.2. The first-order valence-electron chi connectivity index (χ1n) is 6.51. The molecule has 5 N–H and O–H groups in total. The van der Waals surface area contributed by atoms with Crippen LogP contribution in [0.2, 0.25) is 0 Å². The number of benzene rings is 1. The van der Waals surface area contributed by atoms with Gasteiger partial charge in [-0.15, -0.1) is 0 Å². The van der Waals surface area contributed by atoms with Crippen molar-refractivity contribution in [3.8, 4) is 0 Å². The number of aromatic nitrogens is 1. The summed E-state index contributed by atoms with van der Waals surface area (Å²) < 4.78 is 10.3. The average Bonchev–Trinajstić information content (AvgIpc) is 2.79. The van der Waals surface area contributed by atoms with Crippen LogP contribution in [-0.2, 0) is 4.74 Å². The van der Waals surface area contributed by atoms with Gasteiger partial charge in [-0.2, -0.15) is 0 Å². The highest BCUT2D eigenvalue weighted by Gasteiger charge is 2.32. The van der Waals surface area contributed by atoms with Crippen LogP contribution in [0.3, 0.4) is 0 Å². The molecule has 1 fully saturated rings. The predicted octanol–water partition coefficient (Wildman–Crippen LogP) is 0.657. The predicted molar refractivity (Wildman–Crippen MR) is 74.7 cm³/mol. The minimum Gasteiger partial charge on any atom is -0.408 e. The zero-order chi connectivity index (χ0) is 14.2. The first-order chi connectivity index (χ1) is 9.62. The van der Waals surface area contributed by atoms with Crippen LogP contribution < -0.4 is 16.8 Å². The lowest BCUT2D eigenvalue weighted by Gasteiger charge is -2.37. The maximum atomic E-state index is 11.2. The molecule has 1 aromatic heterocycles. The summed E-state index contributed by atoms with van der Waals surface area (Å²) in [6, 6.07) is 3.32. The first kappa shape index (κ1) is 13.0. The molecule has 0 spiro atoms. The molecule has 2 heterocycles. The van der Waals surface area contributed by atoms with Crippen LogP contribution in [0.4, 0.5) is 11.4 Å². The van der Waals surface area contributed by atoms with Gasteiger partial charge in [-0.05, 0) is 18.9 Å². The van der Waals surface area contributed by atoms with Gasteiger partial charge in [0.25, 0.3) is 0 Å². The number of hydrogen-bond donors (Lipinski definition) is 4. The highest BCUT2D eigenvalue weighted by atomic mass is 16.5. The lowest BCUT2D eigenvalue weighted by atomic mass is 9.90. The van der Waals surface area contributed by atoms with Gasteiger partial charge >= 0.3 is 5.76 Å². The van der Waals surface area contributed by atoms with Crippen molar-refractivity contribution in [2.24, 2.45) is 0 Å². The minimum atomic E-state index is -0.514. The first-order valence-corrected chi connectivity index (χ1v) is 6.51. The molecule has 0 amide bonds. The number of fused-ring (bicyclic) bond motifs is 1. The second kappa shape index (κ2) is 4.84. The van der Waals surface area contributed by atoms with Gasteiger partial charge in [0, 0.05) is 19.3 Å². The van der Waals surface area contributed by atoms with Crippen molar-refractivity contribution < 1.29 is 14.3 Å². The smallest absolute Gasteiger partial charge is 0.408 e. The van der Waals surface area contributed by atoms with E-state index in [1.54, 1.807) is 12.1 Å². The Morgan fingerprint density at radius 1 is 1.40 bits per heavy atom. The number of H-pyrrole nitrogens is 1. The molecule has 0 bridgehead atoms. The minimum absolute atomic E-state index is 0.00422. The number of nitrogens with two attached hydrogens (primary N) is 1. The number of aliphatic hydroxyl groups is 1. The molecule has 0 unspecified atom stereocenters. The number of anilines is 2. The fourth-order valence-corrected chi connectivity index (χ4v) is 2.49. The van der Waals surface area contributed by atoms with E-state index >= 15 is 0 Å². The summed E-state index contributed by atoms with van der Waals surface area (Å²) in [4.78, 5) is 13.8. The molecule has 1 saturated heterocycles.